The van der Waals surface area contributed by atoms with Crippen LogP contribution < -0.4 is 10.6 Å². The third kappa shape index (κ3) is 3.25. The summed E-state index contributed by atoms with van der Waals surface area (Å²) in [5.41, 5.74) is 7.74. The fourth-order valence-corrected chi connectivity index (χ4v) is 2.67. The Morgan fingerprint density at radius 1 is 1.47 bits per heavy atom. The predicted octanol–water partition coefficient (Wildman–Crippen LogP) is 2.33. The van der Waals surface area contributed by atoms with E-state index < -0.39 is 0 Å². The van der Waals surface area contributed by atoms with Crippen LogP contribution >= 0.6 is 0 Å². The largest absolute Gasteiger partial charge is 0.375 e. The van der Waals surface area contributed by atoms with Gasteiger partial charge >= 0.3 is 0 Å². The van der Waals surface area contributed by atoms with Crippen molar-refractivity contribution < 1.29 is 9.13 Å². The van der Waals surface area contributed by atoms with Crippen molar-refractivity contribution in [3.63, 3.8) is 0 Å². The Balaban J connectivity index is 2.32. The number of hydrogen-bond donors (Lipinski definition) is 1. The summed E-state index contributed by atoms with van der Waals surface area (Å²) in [6.07, 6.45) is 1.93. The van der Waals surface area contributed by atoms with Crippen LogP contribution in [0.25, 0.3) is 0 Å². The Hall–Kier alpha value is -1.13. The normalized spacial score (nSPS) is 23.7. The molecule has 2 atom stereocenters. The molecule has 0 spiro atoms. The second kappa shape index (κ2) is 6.35. The Morgan fingerprint density at radius 2 is 2.26 bits per heavy atom. The number of rotatable bonds is 4. The minimum absolute atomic E-state index is 0.193. The van der Waals surface area contributed by atoms with Gasteiger partial charge in [-0.3, -0.25) is 0 Å². The van der Waals surface area contributed by atoms with Crippen molar-refractivity contribution in [1.82, 2.24) is 0 Å². The minimum atomic E-state index is -0.193. The number of anilines is 1. The molecule has 4 heteroatoms. The van der Waals surface area contributed by atoms with E-state index in [0.717, 1.165) is 30.8 Å². The highest BCUT2D eigenvalue weighted by Gasteiger charge is 2.27. The lowest BCUT2D eigenvalue weighted by Gasteiger charge is -2.41. The van der Waals surface area contributed by atoms with E-state index in [4.69, 9.17) is 10.5 Å². The van der Waals surface area contributed by atoms with Gasteiger partial charge in [-0.15, -0.1) is 0 Å². The molecule has 1 aliphatic heterocycles. The highest BCUT2D eigenvalue weighted by atomic mass is 19.1. The molecule has 0 amide bonds. The van der Waals surface area contributed by atoms with Crippen molar-refractivity contribution in [2.75, 3.05) is 24.6 Å². The van der Waals surface area contributed by atoms with Gasteiger partial charge in [0.05, 0.1) is 18.8 Å². The van der Waals surface area contributed by atoms with Crippen LogP contribution in [-0.2, 0) is 11.2 Å². The van der Waals surface area contributed by atoms with Crippen LogP contribution in [0.5, 0.6) is 0 Å². The summed E-state index contributed by atoms with van der Waals surface area (Å²) < 4.78 is 19.1. The maximum absolute atomic E-state index is 13.4. The summed E-state index contributed by atoms with van der Waals surface area (Å²) in [5.74, 6) is -0.193. The van der Waals surface area contributed by atoms with Gasteiger partial charge in [0.15, 0.2) is 0 Å². The van der Waals surface area contributed by atoms with Gasteiger partial charge in [-0.2, -0.15) is 0 Å². The Morgan fingerprint density at radius 3 is 2.95 bits per heavy atom. The van der Waals surface area contributed by atoms with Gasteiger partial charge < -0.3 is 15.4 Å². The van der Waals surface area contributed by atoms with Gasteiger partial charge in [0, 0.05) is 12.2 Å². The molecule has 1 aromatic rings. The predicted molar refractivity (Wildman–Crippen MR) is 76.0 cm³/mol. The van der Waals surface area contributed by atoms with Gasteiger partial charge in [-0.1, -0.05) is 6.92 Å². The van der Waals surface area contributed by atoms with Crippen molar-refractivity contribution in [2.24, 2.45) is 5.73 Å². The summed E-state index contributed by atoms with van der Waals surface area (Å²) in [5, 5.41) is 0. The number of ether oxygens (including phenoxy) is 1. The molecule has 2 unspecified atom stereocenters. The molecule has 106 valence electrons. The molecule has 1 saturated heterocycles. The van der Waals surface area contributed by atoms with Crippen molar-refractivity contribution in [3.05, 3.63) is 29.6 Å². The smallest absolute Gasteiger partial charge is 0.123 e. The lowest BCUT2D eigenvalue weighted by atomic mass is 10.0. The number of benzene rings is 1. The van der Waals surface area contributed by atoms with Crippen molar-refractivity contribution in [2.45, 2.75) is 38.8 Å². The van der Waals surface area contributed by atoms with E-state index in [1.165, 1.54) is 6.07 Å². The third-order valence-corrected chi connectivity index (χ3v) is 3.70. The molecule has 0 aromatic heterocycles. The van der Waals surface area contributed by atoms with E-state index in [0.29, 0.717) is 19.0 Å². The van der Waals surface area contributed by atoms with E-state index >= 15 is 0 Å². The van der Waals surface area contributed by atoms with Crippen LogP contribution in [0.2, 0.25) is 0 Å². The number of nitrogens with zero attached hydrogens (tertiary/aromatic N) is 1. The third-order valence-electron chi connectivity index (χ3n) is 3.70. The summed E-state index contributed by atoms with van der Waals surface area (Å²) in [6.45, 7) is 6.35. The standard InChI is InChI=1S/C15H23FN2O/c1-3-14-10-19-11(2)9-18(14)15-5-4-13(16)8-12(15)6-7-17/h4-5,8,11,14H,3,6-7,9-10,17H2,1-2H3. The van der Waals surface area contributed by atoms with E-state index in [1.54, 1.807) is 6.07 Å². The van der Waals surface area contributed by atoms with Crippen LogP contribution in [0.15, 0.2) is 18.2 Å². The first-order valence-electron chi connectivity index (χ1n) is 7.02. The summed E-state index contributed by atoms with van der Waals surface area (Å²) in [6, 6.07) is 5.37. The van der Waals surface area contributed by atoms with Crippen LogP contribution in [-0.4, -0.2) is 31.8 Å². The molecule has 3 nitrogen and oxygen atoms in total. The first kappa shape index (κ1) is 14.3. The number of morpholine rings is 1. The molecule has 19 heavy (non-hydrogen) atoms. The molecule has 2 rings (SSSR count). The van der Waals surface area contributed by atoms with Crippen molar-refractivity contribution in [1.29, 1.82) is 0 Å². The van der Waals surface area contributed by atoms with Gasteiger partial charge in [0.25, 0.3) is 0 Å². The highest BCUT2D eigenvalue weighted by molar-refractivity contribution is 5.55. The monoisotopic (exact) mass is 266 g/mol. The molecular formula is C15H23FN2O. The second-order valence-electron chi connectivity index (χ2n) is 5.17. The Labute approximate surface area is 114 Å². The molecular weight excluding hydrogens is 243 g/mol. The van der Waals surface area contributed by atoms with Crippen LogP contribution in [0.4, 0.5) is 10.1 Å². The van der Waals surface area contributed by atoms with E-state index in [9.17, 15) is 4.39 Å². The fraction of sp³-hybridized carbons (Fsp3) is 0.600. The van der Waals surface area contributed by atoms with Crippen LogP contribution in [0.1, 0.15) is 25.8 Å². The zero-order chi connectivity index (χ0) is 13.8. The van der Waals surface area contributed by atoms with Crippen molar-refractivity contribution in [3.8, 4) is 0 Å². The van der Waals surface area contributed by atoms with E-state index in [-0.39, 0.29) is 11.9 Å². The quantitative estimate of drug-likeness (QED) is 0.909. The average Bonchev–Trinajstić information content (AvgIpc) is 2.39. The summed E-state index contributed by atoms with van der Waals surface area (Å²) in [4.78, 5) is 2.35. The molecule has 1 aromatic carbocycles. The Kier molecular flexibility index (Phi) is 4.77. The van der Waals surface area contributed by atoms with E-state index in [2.05, 4.69) is 18.7 Å². The van der Waals surface area contributed by atoms with Gasteiger partial charge in [-0.05, 0) is 50.1 Å². The average molecular weight is 266 g/mol. The van der Waals surface area contributed by atoms with Gasteiger partial charge in [0.2, 0.25) is 0 Å². The van der Waals surface area contributed by atoms with Gasteiger partial charge in [-0.25, -0.2) is 4.39 Å². The SMILES string of the molecule is CCC1COC(C)CN1c1ccc(F)cc1CCN. The summed E-state index contributed by atoms with van der Waals surface area (Å²) >= 11 is 0. The highest BCUT2D eigenvalue weighted by Crippen LogP contribution is 2.28. The molecule has 0 aliphatic carbocycles. The van der Waals surface area contributed by atoms with Gasteiger partial charge in [0.1, 0.15) is 5.82 Å². The number of halogens is 1. The molecule has 1 aliphatic rings. The zero-order valence-corrected chi connectivity index (χ0v) is 11.7. The number of nitrogens with two attached hydrogens (primary N) is 1. The zero-order valence-electron chi connectivity index (χ0n) is 11.7. The lowest BCUT2D eigenvalue weighted by Crippen LogP contribution is -2.49. The maximum Gasteiger partial charge on any atom is 0.123 e. The topological polar surface area (TPSA) is 38.5 Å². The maximum atomic E-state index is 13.4. The van der Waals surface area contributed by atoms with Crippen LogP contribution in [0, 0.1) is 5.82 Å². The molecule has 0 radical (unpaired) electrons. The first-order valence-corrected chi connectivity index (χ1v) is 7.02. The molecule has 2 N–H and O–H groups in total. The molecule has 1 fully saturated rings. The molecule has 1 heterocycles. The molecule has 0 bridgehead atoms. The minimum Gasteiger partial charge on any atom is -0.375 e. The Bertz CT molecular complexity index is 425. The number of hydrogen-bond acceptors (Lipinski definition) is 3. The lowest BCUT2D eigenvalue weighted by molar-refractivity contribution is 0.0299. The molecule has 0 saturated carbocycles. The fourth-order valence-electron chi connectivity index (χ4n) is 2.67. The van der Waals surface area contributed by atoms with Crippen LogP contribution in [0.3, 0.4) is 0 Å². The van der Waals surface area contributed by atoms with E-state index in [1.807, 2.05) is 6.07 Å². The van der Waals surface area contributed by atoms with Crippen molar-refractivity contribution >= 4 is 5.69 Å². The second-order valence-corrected chi connectivity index (χ2v) is 5.17. The first-order chi connectivity index (χ1) is 9.15. The summed E-state index contributed by atoms with van der Waals surface area (Å²) in [7, 11) is 0.